The average Bonchev–Trinajstić information content (AvgIpc) is 2.47. The van der Waals surface area contributed by atoms with Crippen molar-refractivity contribution >= 4 is 17.3 Å². The first-order valence-electron chi connectivity index (χ1n) is 7.11. The Bertz CT molecular complexity index is 544. The Morgan fingerprint density at radius 1 is 1.48 bits per heavy atom. The summed E-state index contributed by atoms with van der Waals surface area (Å²) >= 11 is 0. The van der Waals surface area contributed by atoms with Crippen LogP contribution in [0.1, 0.15) is 31.2 Å². The quantitative estimate of drug-likeness (QED) is 0.484. The lowest BCUT2D eigenvalue weighted by Crippen LogP contribution is -2.41. The molecule has 1 aliphatic rings. The number of aryl methyl sites for hydroxylation is 1. The molecule has 6 nitrogen and oxygen atoms in total. The molecule has 2 rings (SSSR count). The highest BCUT2D eigenvalue weighted by atomic mass is 16.6. The molecule has 0 aromatic heterocycles. The van der Waals surface area contributed by atoms with E-state index in [-0.39, 0.29) is 29.0 Å². The summed E-state index contributed by atoms with van der Waals surface area (Å²) in [6, 6.07) is 5.06. The average molecular weight is 292 g/mol. The number of hydrogen-bond acceptors (Lipinski definition) is 5. The van der Waals surface area contributed by atoms with Gasteiger partial charge in [-0.15, -0.1) is 0 Å². The minimum absolute atomic E-state index is 0.0355. The first kappa shape index (κ1) is 15.3. The molecule has 0 radical (unpaired) electrons. The van der Waals surface area contributed by atoms with E-state index in [0.717, 1.165) is 31.4 Å². The van der Waals surface area contributed by atoms with Crippen LogP contribution in [-0.2, 0) is 9.53 Å². The van der Waals surface area contributed by atoms with Gasteiger partial charge >= 0.3 is 5.97 Å². The van der Waals surface area contributed by atoms with Crippen molar-refractivity contribution < 1.29 is 14.5 Å². The van der Waals surface area contributed by atoms with Crippen LogP contribution >= 0.6 is 0 Å². The minimum atomic E-state index is -0.363. The van der Waals surface area contributed by atoms with Crippen molar-refractivity contribution in [1.82, 2.24) is 0 Å². The number of rotatable bonds is 4. The Balaban J connectivity index is 2.34. The van der Waals surface area contributed by atoms with Gasteiger partial charge in [-0.25, -0.2) is 0 Å². The SMILES string of the molecule is COC(=O)CC1CCCCN1c1cc(C)ccc1[N+](=O)[O-]. The second-order valence-electron chi connectivity index (χ2n) is 5.37. The molecule has 1 saturated heterocycles. The summed E-state index contributed by atoms with van der Waals surface area (Å²) < 4.78 is 4.74. The number of hydrogen-bond donors (Lipinski definition) is 0. The lowest BCUT2D eigenvalue weighted by atomic mass is 9.97. The van der Waals surface area contributed by atoms with Crippen LogP contribution in [0.5, 0.6) is 0 Å². The Hall–Kier alpha value is -2.11. The van der Waals surface area contributed by atoms with E-state index in [0.29, 0.717) is 5.69 Å². The van der Waals surface area contributed by atoms with E-state index in [1.54, 1.807) is 6.07 Å². The van der Waals surface area contributed by atoms with E-state index in [9.17, 15) is 14.9 Å². The Labute approximate surface area is 123 Å². The second-order valence-corrected chi connectivity index (χ2v) is 5.37. The number of ether oxygens (including phenoxy) is 1. The Morgan fingerprint density at radius 3 is 2.90 bits per heavy atom. The summed E-state index contributed by atoms with van der Waals surface area (Å²) in [6.45, 7) is 2.64. The molecule has 0 spiro atoms. The number of nitro benzene ring substituents is 1. The maximum Gasteiger partial charge on any atom is 0.307 e. The molecule has 0 saturated carbocycles. The lowest BCUT2D eigenvalue weighted by Gasteiger charge is -2.36. The van der Waals surface area contributed by atoms with E-state index in [1.807, 2.05) is 17.9 Å². The van der Waals surface area contributed by atoms with Crippen molar-refractivity contribution in [1.29, 1.82) is 0 Å². The largest absolute Gasteiger partial charge is 0.469 e. The van der Waals surface area contributed by atoms with Crippen molar-refractivity contribution in [2.45, 2.75) is 38.6 Å². The molecule has 0 bridgehead atoms. The first-order chi connectivity index (χ1) is 10.0. The number of methoxy groups -OCH3 is 1. The van der Waals surface area contributed by atoms with Crippen molar-refractivity contribution in [3.8, 4) is 0 Å². The van der Waals surface area contributed by atoms with E-state index < -0.39 is 0 Å². The van der Waals surface area contributed by atoms with Gasteiger partial charge in [0, 0.05) is 18.7 Å². The predicted molar refractivity (Wildman–Crippen MR) is 79.5 cm³/mol. The molecule has 0 N–H and O–H groups in total. The maximum atomic E-state index is 11.6. The van der Waals surface area contributed by atoms with Gasteiger partial charge in [0.15, 0.2) is 0 Å². The van der Waals surface area contributed by atoms with Gasteiger partial charge in [0.25, 0.3) is 5.69 Å². The molecule has 1 unspecified atom stereocenters. The summed E-state index contributed by atoms with van der Waals surface area (Å²) in [6.07, 6.45) is 3.11. The summed E-state index contributed by atoms with van der Waals surface area (Å²) in [5.74, 6) is -0.276. The zero-order chi connectivity index (χ0) is 15.4. The molecule has 1 atom stereocenters. The molecule has 1 aromatic rings. The van der Waals surface area contributed by atoms with Gasteiger partial charge in [0.1, 0.15) is 5.69 Å². The fraction of sp³-hybridized carbons (Fsp3) is 0.533. The van der Waals surface area contributed by atoms with Crippen LogP contribution < -0.4 is 4.90 Å². The number of benzene rings is 1. The smallest absolute Gasteiger partial charge is 0.307 e. The number of nitro groups is 1. The van der Waals surface area contributed by atoms with Gasteiger partial charge in [-0.1, -0.05) is 6.07 Å². The molecule has 6 heteroatoms. The van der Waals surface area contributed by atoms with Crippen LogP contribution in [0.3, 0.4) is 0 Å². The number of carbonyl (C=O) groups excluding carboxylic acids is 1. The van der Waals surface area contributed by atoms with Gasteiger partial charge in [-0.3, -0.25) is 14.9 Å². The van der Waals surface area contributed by atoms with Crippen LogP contribution in [0, 0.1) is 17.0 Å². The van der Waals surface area contributed by atoms with Gasteiger partial charge in [0.05, 0.1) is 18.5 Å². The monoisotopic (exact) mass is 292 g/mol. The zero-order valence-electron chi connectivity index (χ0n) is 12.4. The molecule has 21 heavy (non-hydrogen) atoms. The van der Waals surface area contributed by atoms with Gasteiger partial charge in [-0.05, 0) is 37.8 Å². The Morgan fingerprint density at radius 2 is 2.24 bits per heavy atom. The molecular formula is C15H20N2O4. The summed E-state index contributed by atoms with van der Waals surface area (Å²) in [7, 11) is 1.37. The number of esters is 1. The second kappa shape index (κ2) is 6.56. The van der Waals surface area contributed by atoms with Crippen LogP contribution in [0.2, 0.25) is 0 Å². The van der Waals surface area contributed by atoms with Gasteiger partial charge in [-0.2, -0.15) is 0 Å². The van der Waals surface area contributed by atoms with E-state index in [2.05, 4.69) is 0 Å². The number of carbonyl (C=O) groups is 1. The third kappa shape index (κ3) is 3.51. The molecule has 1 aromatic carbocycles. The van der Waals surface area contributed by atoms with E-state index >= 15 is 0 Å². The maximum absolute atomic E-state index is 11.6. The highest BCUT2D eigenvalue weighted by molar-refractivity contribution is 5.72. The number of nitrogens with zero attached hydrogens (tertiary/aromatic N) is 2. The highest BCUT2D eigenvalue weighted by Gasteiger charge is 2.29. The molecule has 1 aliphatic heterocycles. The molecule has 1 heterocycles. The predicted octanol–water partition coefficient (Wildman–Crippen LogP) is 2.83. The van der Waals surface area contributed by atoms with Crippen molar-refractivity contribution in [3.63, 3.8) is 0 Å². The lowest BCUT2D eigenvalue weighted by molar-refractivity contribution is -0.384. The van der Waals surface area contributed by atoms with E-state index in [4.69, 9.17) is 4.74 Å². The van der Waals surface area contributed by atoms with Crippen LogP contribution in [0.15, 0.2) is 18.2 Å². The number of anilines is 1. The van der Waals surface area contributed by atoms with Crippen molar-refractivity contribution in [2.24, 2.45) is 0 Å². The summed E-state index contributed by atoms with van der Waals surface area (Å²) in [4.78, 5) is 24.4. The van der Waals surface area contributed by atoms with Crippen molar-refractivity contribution in [2.75, 3.05) is 18.6 Å². The van der Waals surface area contributed by atoms with Gasteiger partial charge < -0.3 is 9.64 Å². The number of piperidine rings is 1. The minimum Gasteiger partial charge on any atom is -0.469 e. The third-order valence-electron chi connectivity index (χ3n) is 3.89. The molecule has 114 valence electrons. The molecule has 1 fully saturated rings. The van der Waals surface area contributed by atoms with Crippen LogP contribution in [-0.4, -0.2) is 30.6 Å². The standard InChI is InChI=1S/C15H20N2O4/c1-11-6-7-13(17(19)20)14(9-11)16-8-4-3-5-12(16)10-15(18)21-2/h6-7,9,12H,3-5,8,10H2,1-2H3. The summed E-state index contributed by atoms with van der Waals surface area (Å²) in [5.41, 5.74) is 1.67. The third-order valence-corrected chi connectivity index (χ3v) is 3.89. The normalized spacial score (nSPS) is 18.4. The summed E-state index contributed by atoms with van der Waals surface area (Å²) in [5, 5.41) is 11.2. The van der Waals surface area contributed by atoms with E-state index in [1.165, 1.54) is 13.2 Å². The highest BCUT2D eigenvalue weighted by Crippen LogP contribution is 2.34. The van der Waals surface area contributed by atoms with Crippen molar-refractivity contribution in [3.05, 3.63) is 33.9 Å². The Kier molecular flexibility index (Phi) is 4.77. The molecule has 0 aliphatic carbocycles. The molecular weight excluding hydrogens is 272 g/mol. The van der Waals surface area contributed by atoms with Gasteiger partial charge in [0.2, 0.25) is 0 Å². The topological polar surface area (TPSA) is 72.7 Å². The van der Waals surface area contributed by atoms with Crippen LogP contribution in [0.4, 0.5) is 11.4 Å². The van der Waals surface area contributed by atoms with Crippen LogP contribution in [0.25, 0.3) is 0 Å². The fourth-order valence-corrected chi connectivity index (χ4v) is 2.82. The zero-order valence-corrected chi connectivity index (χ0v) is 12.4. The molecule has 0 amide bonds. The first-order valence-corrected chi connectivity index (χ1v) is 7.11. The fourth-order valence-electron chi connectivity index (χ4n) is 2.82.